The highest BCUT2D eigenvalue weighted by Crippen LogP contribution is 2.44. The zero-order chi connectivity index (χ0) is 18.0. The van der Waals surface area contributed by atoms with Crippen LogP contribution in [0.2, 0.25) is 0 Å². The lowest BCUT2D eigenvalue weighted by Crippen LogP contribution is -2.33. The van der Waals surface area contributed by atoms with E-state index in [2.05, 4.69) is 16.6 Å². The summed E-state index contributed by atoms with van der Waals surface area (Å²) in [5.74, 6) is -0.402. The molecular weight excluding hydrogens is 445 g/mol. The number of hydrogen-bond acceptors (Lipinski definition) is 6. The van der Waals surface area contributed by atoms with Crippen LogP contribution in [0.1, 0.15) is 32.1 Å². The number of benzene rings is 1. The molecule has 1 aromatic carbocycles. The molecule has 24 heavy (non-hydrogen) atoms. The van der Waals surface area contributed by atoms with E-state index in [1.807, 2.05) is 30.3 Å². The maximum Gasteiger partial charge on any atom is 0.243 e. The van der Waals surface area contributed by atoms with E-state index < -0.39 is 13.9 Å². The summed E-state index contributed by atoms with van der Waals surface area (Å²) < 4.78 is 22.1. The Bertz CT molecular complexity index is 525. The van der Waals surface area contributed by atoms with E-state index in [-0.39, 0.29) is 12.5 Å². The first kappa shape index (κ1) is 21.2. The number of nitrogens with one attached hydrogen (secondary N) is 3. The third-order valence-electron chi connectivity index (χ3n) is 3.31. The molecule has 0 saturated heterocycles. The first-order valence-corrected chi connectivity index (χ1v) is 11.6. The van der Waals surface area contributed by atoms with Crippen molar-refractivity contribution in [2.75, 3.05) is 5.32 Å². The molecule has 1 atom stereocenters. The van der Waals surface area contributed by atoms with Gasteiger partial charge in [-0.2, -0.15) is 0 Å². The highest BCUT2D eigenvalue weighted by atomic mass is 127. The molecular formula is C15H24IN3O4S. The van der Waals surface area contributed by atoms with Gasteiger partial charge in [-0.1, -0.05) is 45.6 Å². The maximum atomic E-state index is 10.9. The van der Waals surface area contributed by atoms with Crippen molar-refractivity contribution < 1.29 is 19.1 Å². The van der Waals surface area contributed by atoms with Gasteiger partial charge in [0.25, 0.3) is 0 Å². The molecule has 0 radical (unpaired) electrons. The second-order valence-electron chi connectivity index (χ2n) is 5.30. The number of hydrogen-bond donors (Lipinski definition) is 6. The van der Waals surface area contributed by atoms with Gasteiger partial charge < -0.3 is 5.32 Å². The molecule has 136 valence electrons. The molecule has 0 unspecified atom stereocenters. The molecule has 7 nitrogen and oxygen atoms in total. The monoisotopic (exact) mass is 469 g/mol. The number of halogens is 1. The number of hydroxylamine groups is 1. The Balaban J connectivity index is 2.50. The van der Waals surface area contributed by atoms with Crippen molar-refractivity contribution in [1.29, 1.82) is 0 Å². The van der Waals surface area contributed by atoms with Gasteiger partial charge in [0, 0.05) is 17.8 Å². The van der Waals surface area contributed by atoms with E-state index in [0.29, 0.717) is 18.5 Å². The Morgan fingerprint density at radius 2 is 1.88 bits per heavy atom. The Morgan fingerprint density at radius 3 is 2.46 bits per heavy atom. The number of carbonyl (C=O) groups is 1. The smallest absolute Gasteiger partial charge is 0.243 e. The normalized spacial score (nSPS) is 13.2. The van der Waals surface area contributed by atoms with Crippen LogP contribution >= 0.6 is 29.2 Å². The molecule has 9 heteroatoms. The topological polar surface area (TPSA) is 114 Å². The second kappa shape index (κ2) is 10.9. The Kier molecular flexibility index (Phi) is 9.63. The third kappa shape index (κ3) is 9.45. The van der Waals surface area contributed by atoms with E-state index in [9.17, 15) is 13.9 Å². The minimum Gasteiger partial charge on any atom is -0.358 e. The number of amides is 1. The van der Waals surface area contributed by atoms with Crippen LogP contribution < -0.4 is 15.5 Å². The van der Waals surface area contributed by atoms with Crippen LogP contribution in [-0.2, 0) is 4.79 Å². The molecule has 0 fully saturated rings. The van der Waals surface area contributed by atoms with Gasteiger partial charge in [0.1, 0.15) is 0 Å². The van der Waals surface area contributed by atoms with Crippen molar-refractivity contribution >= 4 is 40.7 Å². The van der Waals surface area contributed by atoms with Gasteiger partial charge in [-0.15, -0.1) is 0 Å². The number of rotatable bonds is 11. The summed E-state index contributed by atoms with van der Waals surface area (Å²) in [5.41, 5.74) is 3.12. The quantitative estimate of drug-likeness (QED) is 0.126. The fraction of sp³-hybridized carbons (Fsp3) is 0.400. The molecule has 0 aliphatic carbocycles. The molecule has 0 heterocycles. The summed E-state index contributed by atoms with van der Waals surface area (Å²) >= 11 is 1.57. The van der Waals surface area contributed by atoms with Crippen LogP contribution in [0.5, 0.6) is 0 Å². The molecule has 0 aromatic heterocycles. The van der Waals surface area contributed by atoms with Gasteiger partial charge in [-0.25, -0.2) is 10.2 Å². The highest BCUT2D eigenvalue weighted by molar-refractivity contribution is 14.2. The summed E-state index contributed by atoms with van der Waals surface area (Å²) in [5, 5.41) is 11.6. The molecule has 1 aromatic rings. The van der Waals surface area contributed by atoms with Crippen LogP contribution in [0.4, 0.5) is 5.69 Å². The Morgan fingerprint density at radius 1 is 1.21 bits per heavy atom. The van der Waals surface area contributed by atoms with Gasteiger partial charge in [0.2, 0.25) is 5.91 Å². The summed E-state index contributed by atoms with van der Waals surface area (Å²) in [6.07, 6.45) is 3.11. The number of carbonyl (C=O) groups excluding carboxylic acids is 1. The van der Waals surface area contributed by atoms with Crippen LogP contribution in [0, 0.1) is 0 Å². The summed E-state index contributed by atoms with van der Waals surface area (Å²) in [7, 11) is -2.90. The molecule has 1 rings (SSSR count). The van der Waals surface area contributed by atoms with Crippen molar-refractivity contribution in [3.63, 3.8) is 0 Å². The average Bonchev–Trinajstić information content (AvgIpc) is 2.53. The Hall–Kier alpha value is -0.850. The maximum absolute atomic E-state index is 10.9. The molecule has 1 amide bonds. The van der Waals surface area contributed by atoms with E-state index >= 15 is 0 Å². The van der Waals surface area contributed by atoms with E-state index in [1.54, 1.807) is 26.7 Å². The summed E-state index contributed by atoms with van der Waals surface area (Å²) in [6, 6.07) is 9.19. The third-order valence-corrected chi connectivity index (χ3v) is 4.66. The lowest BCUT2D eigenvalue weighted by Gasteiger charge is -2.32. The average molecular weight is 469 g/mol. The SMILES string of the molecule is C=C(Nc1ccccc1)[C@H](CCCCCC(=O)NO)NS(O)(O)I. The van der Waals surface area contributed by atoms with E-state index in [4.69, 9.17) is 5.21 Å². The lowest BCUT2D eigenvalue weighted by atomic mass is 10.1. The van der Waals surface area contributed by atoms with Gasteiger partial charge in [0.05, 0.1) is 27.2 Å². The predicted octanol–water partition coefficient (Wildman–Crippen LogP) is 4.04. The molecule has 0 spiro atoms. The number of anilines is 1. The van der Waals surface area contributed by atoms with Crippen LogP contribution in [0.25, 0.3) is 0 Å². The fourth-order valence-corrected chi connectivity index (χ4v) is 3.69. The number of para-hydroxylation sites is 1. The molecule has 0 bridgehead atoms. The standard InChI is InChI=1S/C15H24IN3O4S/c1-12(17-13-8-4-2-5-9-13)14(19-24(16,22)23)10-6-3-7-11-15(20)18-21/h2,4-5,8-9,14,17,19,21-23H,1,3,6-7,10-11H2,(H,18,20)/t14-/m0/s1. The minimum atomic E-state index is -2.90. The van der Waals surface area contributed by atoms with Crippen LogP contribution in [0.3, 0.4) is 0 Å². The van der Waals surface area contributed by atoms with E-state index in [0.717, 1.165) is 18.5 Å². The lowest BCUT2D eigenvalue weighted by molar-refractivity contribution is -0.129. The molecule has 0 aliphatic heterocycles. The largest absolute Gasteiger partial charge is 0.358 e. The zero-order valence-corrected chi connectivity index (χ0v) is 16.2. The first-order valence-electron chi connectivity index (χ1n) is 7.50. The van der Waals surface area contributed by atoms with Crippen LogP contribution in [-0.4, -0.2) is 26.3 Å². The van der Waals surface area contributed by atoms with Gasteiger partial charge in [0.15, 0.2) is 0 Å². The summed E-state index contributed by atoms with van der Waals surface area (Å²) in [4.78, 5) is 10.9. The summed E-state index contributed by atoms with van der Waals surface area (Å²) in [6.45, 7) is 3.99. The van der Waals surface area contributed by atoms with Gasteiger partial charge in [-0.3, -0.25) is 19.1 Å². The van der Waals surface area contributed by atoms with Gasteiger partial charge >= 0.3 is 0 Å². The molecule has 0 aliphatic rings. The fourth-order valence-electron chi connectivity index (χ4n) is 2.15. The molecule has 6 N–H and O–H groups in total. The zero-order valence-electron chi connectivity index (χ0n) is 13.2. The predicted molar refractivity (Wildman–Crippen MR) is 106 cm³/mol. The van der Waals surface area contributed by atoms with Crippen molar-refractivity contribution in [2.45, 2.75) is 38.1 Å². The van der Waals surface area contributed by atoms with Crippen LogP contribution in [0.15, 0.2) is 42.6 Å². The first-order chi connectivity index (χ1) is 11.3. The van der Waals surface area contributed by atoms with Crippen molar-refractivity contribution in [2.24, 2.45) is 0 Å². The van der Waals surface area contributed by atoms with Crippen molar-refractivity contribution in [1.82, 2.24) is 10.2 Å². The minimum absolute atomic E-state index is 0.263. The van der Waals surface area contributed by atoms with Crippen molar-refractivity contribution in [3.05, 3.63) is 42.6 Å². The van der Waals surface area contributed by atoms with E-state index in [1.165, 1.54) is 0 Å². The number of unbranched alkanes of at least 4 members (excludes halogenated alkanes) is 2. The molecule has 0 saturated carbocycles. The highest BCUT2D eigenvalue weighted by Gasteiger charge is 2.19. The van der Waals surface area contributed by atoms with Gasteiger partial charge in [-0.05, 0) is 25.0 Å². The van der Waals surface area contributed by atoms with Crippen molar-refractivity contribution in [3.8, 4) is 0 Å². The Labute approximate surface area is 155 Å². The second-order valence-corrected chi connectivity index (χ2v) is 10.2.